The first-order valence-electron chi connectivity index (χ1n) is 9.17. The Hall–Kier alpha value is -2.62. The Kier molecular flexibility index (Phi) is 9.42. The Balaban J connectivity index is 0.00000300. The van der Waals surface area contributed by atoms with E-state index in [4.69, 9.17) is 4.74 Å². The molecule has 0 unspecified atom stereocenters. The first-order valence-corrected chi connectivity index (χ1v) is 9.17. The van der Waals surface area contributed by atoms with E-state index in [2.05, 4.69) is 20.7 Å². The van der Waals surface area contributed by atoms with Crippen LogP contribution < -0.4 is 15.4 Å². The molecule has 29 heavy (non-hydrogen) atoms. The summed E-state index contributed by atoms with van der Waals surface area (Å²) in [6.45, 7) is 1.89. The van der Waals surface area contributed by atoms with Crippen molar-refractivity contribution in [2.75, 3.05) is 26.7 Å². The fourth-order valence-electron chi connectivity index (χ4n) is 2.62. The quantitative estimate of drug-likeness (QED) is 0.212. The van der Waals surface area contributed by atoms with Crippen molar-refractivity contribution in [3.63, 3.8) is 0 Å². The zero-order valence-electron chi connectivity index (χ0n) is 16.2. The van der Waals surface area contributed by atoms with Crippen LogP contribution in [0.5, 0.6) is 5.75 Å². The number of guanidine groups is 1. The summed E-state index contributed by atoms with van der Waals surface area (Å²) in [5.41, 5.74) is 1.77. The van der Waals surface area contributed by atoms with Crippen LogP contribution in [0.3, 0.4) is 0 Å². The molecule has 0 aliphatic heterocycles. The minimum Gasteiger partial charge on any atom is -0.492 e. The predicted molar refractivity (Wildman–Crippen MR) is 124 cm³/mol. The summed E-state index contributed by atoms with van der Waals surface area (Å²) < 4.78 is 20.4. The molecule has 2 aromatic carbocycles. The van der Waals surface area contributed by atoms with E-state index in [9.17, 15) is 4.39 Å². The van der Waals surface area contributed by atoms with Crippen LogP contribution in [0.1, 0.15) is 5.69 Å². The number of halogens is 2. The van der Waals surface area contributed by atoms with Crippen LogP contribution in [0.2, 0.25) is 0 Å². The van der Waals surface area contributed by atoms with E-state index in [0.717, 1.165) is 29.5 Å². The molecular formula is C21H25FIN5O. The summed E-state index contributed by atoms with van der Waals surface area (Å²) in [7, 11) is 1.73. The molecule has 0 saturated carbocycles. The molecule has 0 spiro atoms. The third-order valence-electron chi connectivity index (χ3n) is 4.04. The summed E-state index contributed by atoms with van der Waals surface area (Å²) in [4.78, 5) is 4.20. The van der Waals surface area contributed by atoms with Gasteiger partial charge in [0.05, 0.1) is 17.9 Å². The fourth-order valence-corrected chi connectivity index (χ4v) is 2.62. The smallest absolute Gasteiger partial charge is 0.191 e. The maximum atomic E-state index is 13.0. The SMILES string of the molecule is CN=C(NCCOc1ccccc1)NCCc1ccn(-c2ccc(F)cc2)n1.I. The van der Waals surface area contributed by atoms with Crippen LogP contribution in [-0.2, 0) is 6.42 Å². The van der Waals surface area contributed by atoms with E-state index in [-0.39, 0.29) is 29.8 Å². The molecule has 0 aliphatic carbocycles. The highest BCUT2D eigenvalue weighted by Crippen LogP contribution is 2.09. The normalized spacial score (nSPS) is 10.9. The maximum absolute atomic E-state index is 13.0. The number of aromatic nitrogens is 2. The molecule has 3 aromatic rings. The number of hydrogen-bond acceptors (Lipinski definition) is 3. The molecule has 8 heteroatoms. The molecule has 0 amide bonds. The highest BCUT2D eigenvalue weighted by Gasteiger charge is 2.03. The highest BCUT2D eigenvalue weighted by atomic mass is 127. The molecule has 0 atom stereocenters. The summed E-state index contributed by atoms with van der Waals surface area (Å²) in [5.74, 6) is 1.31. The Morgan fingerprint density at radius 2 is 1.76 bits per heavy atom. The van der Waals surface area contributed by atoms with Gasteiger partial charge in [-0.25, -0.2) is 9.07 Å². The standard InChI is InChI=1S/C21H24FN5O.HI/c1-23-21(25-14-16-28-20-5-3-2-4-6-20)24-13-11-18-12-15-27(26-18)19-9-7-17(22)8-10-19;/h2-10,12,15H,11,13-14,16H2,1H3,(H2,23,24,25);1H. The molecule has 3 rings (SSSR count). The van der Waals surface area contributed by atoms with Crippen molar-refractivity contribution < 1.29 is 9.13 Å². The molecule has 1 aromatic heterocycles. The largest absolute Gasteiger partial charge is 0.492 e. The van der Waals surface area contributed by atoms with Gasteiger partial charge in [-0.2, -0.15) is 5.10 Å². The van der Waals surface area contributed by atoms with Gasteiger partial charge >= 0.3 is 0 Å². The second-order valence-electron chi connectivity index (χ2n) is 6.07. The zero-order chi connectivity index (χ0) is 19.6. The van der Waals surface area contributed by atoms with E-state index in [1.807, 2.05) is 42.6 Å². The molecule has 154 valence electrons. The number of rotatable bonds is 8. The third-order valence-corrected chi connectivity index (χ3v) is 4.04. The van der Waals surface area contributed by atoms with Crippen molar-refractivity contribution >= 4 is 29.9 Å². The van der Waals surface area contributed by atoms with Gasteiger partial charge in [-0.05, 0) is 42.5 Å². The Labute approximate surface area is 187 Å². The fraction of sp³-hybridized carbons (Fsp3) is 0.238. The van der Waals surface area contributed by atoms with Crippen molar-refractivity contribution in [2.45, 2.75) is 6.42 Å². The van der Waals surface area contributed by atoms with E-state index in [0.29, 0.717) is 19.7 Å². The second kappa shape index (κ2) is 12.1. The van der Waals surface area contributed by atoms with Crippen molar-refractivity contribution in [3.05, 3.63) is 78.4 Å². The summed E-state index contributed by atoms with van der Waals surface area (Å²) in [5, 5.41) is 11.0. The first kappa shape index (κ1) is 22.7. The lowest BCUT2D eigenvalue weighted by Gasteiger charge is -2.12. The molecular weight excluding hydrogens is 484 g/mol. The van der Waals surface area contributed by atoms with Gasteiger partial charge in [0.25, 0.3) is 0 Å². The van der Waals surface area contributed by atoms with E-state index >= 15 is 0 Å². The Morgan fingerprint density at radius 3 is 2.48 bits per heavy atom. The number of para-hydroxylation sites is 1. The van der Waals surface area contributed by atoms with Crippen LogP contribution in [0.15, 0.2) is 71.9 Å². The van der Waals surface area contributed by atoms with Gasteiger partial charge in [-0.15, -0.1) is 24.0 Å². The van der Waals surface area contributed by atoms with Crippen LogP contribution >= 0.6 is 24.0 Å². The van der Waals surface area contributed by atoms with Gasteiger partial charge in [-0.3, -0.25) is 4.99 Å². The van der Waals surface area contributed by atoms with Gasteiger partial charge in [0.1, 0.15) is 18.2 Å². The maximum Gasteiger partial charge on any atom is 0.191 e. The first-order chi connectivity index (χ1) is 13.7. The molecule has 0 bridgehead atoms. The lowest BCUT2D eigenvalue weighted by Crippen LogP contribution is -2.40. The second-order valence-corrected chi connectivity index (χ2v) is 6.07. The van der Waals surface area contributed by atoms with Crippen LogP contribution in [0, 0.1) is 5.82 Å². The summed E-state index contributed by atoms with van der Waals surface area (Å²) in [6, 6.07) is 17.9. The molecule has 0 fully saturated rings. The summed E-state index contributed by atoms with van der Waals surface area (Å²) in [6.07, 6.45) is 2.62. The number of aliphatic imine (C=N–C) groups is 1. The van der Waals surface area contributed by atoms with E-state index in [1.54, 1.807) is 23.9 Å². The molecule has 0 aliphatic rings. The molecule has 1 heterocycles. The molecule has 0 radical (unpaired) electrons. The minimum atomic E-state index is -0.256. The van der Waals surface area contributed by atoms with Crippen LogP contribution in [0.4, 0.5) is 4.39 Å². The van der Waals surface area contributed by atoms with Gasteiger partial charge in [0.2, 0.25) is 0 Å². The summed E-state index contributed by atoms with van der Waals surface area (Å²) >= 11 is 0. The van der Waals surface area contributed by atoms with Crippen molar-refractivity contribution in [1.29, 1.82) is 0 Å². The third kappa shape index (κ3) is 7.37. The van der Waals surface area contributed by atoms with E-state index < -0.39 is 0 Å². The predicted octanol–water partition coefficient (Wildman–Crippen LogP) is 3.42. The average molecular weight is 509 g/mol. The highest BCUT2D eigenvalue weighted by molar-refractivity contribution is 14.0. The van der Waals surface area contributed by atoms with Crippen molar-refractivity contribution in [2.24, 2.45) is 4.99 Å². The number of ether oxygens (including phenoxy) is 1. The number of nitrogens with one attached hydrogen (secondary N) is 2. The van der Waals surface area contributed by atoms with Gasteiger partial charge in [-0.1, -0.05) is 18.2 Å². The van der Waals surface area contributed by atoms with E-state index in [1.165, 1.54) is 12.1 Å². The van der Waals surface area contributed by atoms with Crippen molar-refractivity contribution in [1.82, 2.24) is 20.4 Å². The molecule has 0 saturated heterocycles. The van der Waals surface area contributed by atoms with Crippen LogP contribution in [-0.4, -0.2) is 42.5 Å². The van der Waals surface area contributed by atoms with Gasteiger partial charge in [0.15, 0.2) is 5.96 Å². The van der Waals surface area contributed by atoms with Gasteiger partial charge in [0, 0.05) is 26.2 Å². The Morgan fingerprint density at radius 1 is 1.03 bits per heavy atom. The molecule has 6 nitrogen and oxygen atoms in total. The average Bonchev–Trinajstić information content (AvgIpc) is 3.20. The Bertz CT molecular complexity index is 884. The monoisotopic (exact) mass is 509 g/mol. The number of benzene rings is 2. The minimum absolute atomic E-state index is 0. The van der Waals surface area contributed by atoms with Crippen LogP contribution in [0.25, 0.3) is 5.69 Å². The molecule has 2 N–H and O–H groups in total. The topological polar surface area (TPSA) is 63.5 Å². The van der Waals surface area contributed by atoms with Crippen molar-refractivity contribution in [3.8, 4) is 11.4 Å². The van der Waals surface area contributed by atoms with Gasteiger partial charge < -0.3 is 15.4 Å². The zero-order valence-corrected chi connectivity index (χ0v) is 18.5. The number of hydrogen-bond donors (Lipinski definition) is 2. The lowest BCUT2D eigenvalue weighted by molar-refractivity contribution is 0.322. The lowest BCUT2D eigenvalue weighted by atomic mass is 10.3. The number of nitrogens with zero attached hydrogens (tertiary/aromatic N) is 3.